The molecule has 0 bridgehead atoms. The third kappa shape index (κ3) is 1.48. The average molecular weight is 251 g/mol. The van der Waals surface area contributed by atoms with Crippen LogP contribution < -0.4 is 5.73 Å². The van der Waals surface area contributed by atoms with Gasteiger partial charge in [-0.3, -0.25) is 9.78 Å². The number of fused-ring (bicyclic) bond motifs is 1. The largest absolute Gasteiger partial charge is 0.366 e. The molecule has 0 unspecified atom stereocenters. The van der Waals surface area contributed by atoms with Crippen molar-refractivity contribution >= 4 is 32.7 Å². The molecule has 2 rings (SSSR count). The van der Waals surface area contributed by atoms with E-state index in [1.54, 1.807) is 12.3 Å². The van der Waals surface area contributed by atoms with E-state index in [1.165, 1.54) is 0 Å². The number of nitrogens with zero attached hydrogens (tertiary/aromatic N) is 1. The van der Waals surface area contributed by atoms with Gasteiger partial charge in [-0.2, -0.15) is 0 Å². The van der Waals surface area contributed by atoms with Gasteiger partial charge in [0.15, 0.2) is 0 Å². The number of primary amides is 1. The van der Waals surface area contributed by atoms with Crippen LogP contribution >= 0.6 is 15.9 Å². The Labute approximate surface area is 89.1 Å². The quantitative estimate of drug-likeness (QED) is 0.843. The number of rotatable bonds is 1. The maximum Gasteiger partial charge on any atom is 0.250 e. The standard InChI is InChI=1S/C10H7BrN2O/c11-7-4-6-2-1-3-13-9(6)8(5-7)10(12)14/h1-5H,(H2,12,14). The lowest BCUT2D eigenvalue weighted by atomic mass is 10.1. The number of carbonyl (C=O) groups excluding carboxylic acids is 1. The molecule has 2 N–H and O–H groups in total. The molecule has 0 saturated heterocycles. The van der Waals surface area contributed by atoms with Crippen molar-refractivity contribution in [2.75, 3.05) is 0 Å². The highest BCUT2D eigenvalue weighted by Gasteiger charge is 2.08. The first-order valence-electron chi connectivity index (χ1n) is 4.02. The van der Waals surface area contributed by atoms with Crippen molar-refractivity contribution in [3.05, 3.63) is 40.5 Å². The number of hydrogen-bond acceptors (Lipinski definition) is 2. The van der Waals surface area contributed by atoms with Crippen molar-refractivity contribution in [3.8, 4) is 0 Å². The molecule has 1 aromatic carbocycles. The van der Waals surface area contributed by atoms with E-state index in [2.05, 4.69) is 20.9 Å². The minimum absolute atomic E-state index is 0.440. The van der Waals surface area contributed by atoms with E-state index >= 15 is 0 Å². The van der Waals surface area contributed by atoms with Crippen LogP contribution in [-0.2, 0) is 0 Å². The molecule has 1 aromatic heterocycles. The van der Waals surface area contributed by atoms with Crippen LogP contribution in [-0.4, -0.2) is 10.9 Å². The Balaban J connectivity index is 2.87. The van der Waals surface area contributed by atoms with Crippen LogP contribution in [0.2, 0.25) is 0 Å². The summed E-state index contributed by atoms with van der Waals surface area (Å²) in [6.07, 6.45) is 1.64. The summed E-state index contributed by atoms with van der Waals surface area (Å²) in [5.74, 6) is -0.463. The van der Waals surface area contributed by atoms with Gasteiger partial charge < -0.3 is 5.73 Å². The summed E-state index contributed by atoms with van der Waals surface area (Å²) < 4.78 is 0.826. The molecule has 0 radical (unpaired) electrons. The number of pyridine rings is 1. The van der Waals surface area contributed by atoms with Gasteiger partial charge in [-0.25, -0.2) is 0 Å². The molecule has 0 aliphatic rings. The third-order valence-corrected chi connectivity index (χ3v) is 2.39. The number of nitrogens with two attached hydrogens (primary N) is 1. The van der Waals surface area contributed by atoms with Crippen molar-refractivity contribution in [1.82, 2.24) is 4.98 Å². The van der Waals surface area contributed by atoms with Gasteiger partial charge in [0.05, 0.1) is 11.1 Å². The molecule has 0 spiro atoms. The SMILES string of the molecule is NC(=O)c1cc(Br)cc2cccnc12. The van der Waals surface area contributed by atoms with E-state index in [-0.39, 0.29) is 0 Å². The predicted octanol–water partition coefficient (Wildman–Crippen LogP) is 2.10. The Morgan fingerprint density at radius 1 is 1.43 bits per heavy atom. The molecule has 0 saturated carbocycles. The molecule has 4 heteroatoms. The van der Waals surface area contributed by atoms with Gasteiger partial charge in [0, 0.05) is 16.1 Å². The van der Waals surface area contributed by atoms with Crippen LogP contribution in [0.25, 0.3) is 10.9 Å². The first kappa shape index (κ1) is 9.15. The van der Waals surface area contributed by atoms with Crippen LogP contribution in [0.1, 0.15) is 10.4 Å². The molecule has 14 heavy (non-hydrogen) atoms. The minimum Gasteiger partial charge on any atom is -0.366 e. The summed E-state index contributed by atoms with van der Waals surface area (Å²) in [6, 6.07) is 7.28. The normalized spacial score (nSPS) is 10.4. The fourth-order valence-corrected chi connectivity index (χ4v) is 1.82. The van der Waals surface area contributed by atoms with Gasteiger partial charge in [0.1, 0.15) is 0 Å². The van der Waals surface area contributed by atoms with Crippen LogP contribution in [0.5, 0.6) is 0 Å². The molecular formula is C10H7BrN2O. The topological polar surface area (TPSA) is 56.0 Å². The number of hydrogen-bond donors (Lipinski definition) is 1. The number of carbonyl (C=O) groups is 1. The summed E-state index contributed by atoms with van der Waals surface area (Å²) in [5.41, 5.74) is 6.33. The highest BCUT2D eigenvalue weighted by molar-refractivity contribution is 9.10. The second-order valence-electron chi connectivity index (χ2n) is 2.89. The van der Waals surface area contributed by atoms with Gasteiger partial charge in [-0.05, 0) is 18.2 Å². The van der Waals surface area contributed by atoms with E-state index in [1.807, 2.05) is 18.2 Å². The zero-order valence-electron chi connectivity index (χ0n) is 7.20. The molecule has 70 valence electrons. The average Bonchev–Trinajstić information content (AvgIpc) is 2.16. The molecule has 0 atom stereocenters. The lowest BCUT2D eigenvalue weighted by molar-refractivity contribution is 0.100. The van der Waals surface area contributed by atoms with E-state index in [0.29, 0.717) is 11.1 Å². The molecule has 1 heterocycles. The van der Waals surface area contributed by atoms with E-state index in [9.17, 15) is 4.79 Å². The number of aromatic nitrogens is 1. The Kier molecular flexibility index (Phi) is 2.21. The van der Waals surface area contributed by atoms with Gasteiger partial charge in [-0.15, -0.1) is 0 Å². The van der Waals surface area contributed by atoms with Crippen molar-refractivity contribution in [1.29, 1.82) is 0 Å². The summed E-state index contributed by atoms with van der Waals surface area (Å²) in [4.78, 5) is 15.3. The second kappa shape index (κ2) is 3.38. The lowest BCUT2D eigenvalue weighted by Crippen LogP contribution is -2.11. The lowest BCUT2D eigenvalue weighted by Gasteiger charge is -2.02. The molecule has 3 nitrogen and oxygen atoms in total. The predicted molar refractivity (Wildman–Crippen MR) is 58.0 cm³/mol. The zero-order chi connectivity index (χ0) is 10.1. The number of amides is 1. The van der Waals surface area contributed by atoms with E-state index in [4.69, 9.17) is 5.73 Å². The fraction of sp³-hybridized carbons (Fsp3) is 0. The van der Waals surface area contributed by atoms with E-state index < -0.39 is 5.91 Å². The summed E-state index contributed by atoms with van der Waals surface area (Å²) in [6.45, 7) is 0. The molecule has 0 fully saturated rings. The Morgan fingerprint density at radius 2 is 2.21 bits per heavy atom. The number of benzene rings is 1. The highest BCUT2D eigenvalue weighted by atomic mass is 79.9. The van der Waals surface area contributed by atoms with Gasteiger partial charge in [0.25, 0.3) is 5.91 Å². The van der Waals surface area contributed by atoms with Gasteiger partial charge in [-0.1, -0.05) is 22.0 Å². The van der Waals surface area contributed by atoms with Crippen LogP contribution in [0.15, 0.2) is 34.9 Å². The highest BCUT2D eigenvalue weighted by Crippen LogP contribution is 2.21. The van der Waals surface area contributed by atoms with Crippen LogP contribution in [0.4, 0.5) is 0 Å². The Morgan fingerprint density at radius 3 is 2.93 bits per heavy atom. The van der Waals surface area contributed by atoms with Crippen molar-refractivity contribution < 1.29 is 4.79 Å². The first-order chi connectivity index (χ1) is 6.68. The monoisotopic (exact) mass is 250 g/mol. The summed E-state index contributed by atoms with van der Waals surface area (Å²) in [5, 5.41) is 0.899. The van der Waals surface area contributed by atoms with Gasteiger partial charge >= 0.3 is 0 Å². The maximum absolute atomic E-state index is 11.1. The van der Waals surface area contributed by atoms with Gasteiger partial charge in [0.2, 0.25) is 0 Å². The molecule has 0 aliphatic heterocycles. The molecule has 1 amide bonds. The first-order valence-corrected chi connectivity index (χ1v) is 4.82. The van der Waals surface area contributed by atoms with E-state index in [0.717, 1.165) is 9.86 Å². The maximum atomic E-state index is 11.1. The molecule has 0 aliphatic carbocycles. The second-order valence-corrected chi connectivity index (χ2v) is 3.81. The number of halogens is 1. The summed E-state index contributed by atoms with van der Waals surface area (Å²) >= 11 is 3.32. The Hall–Kier alpha value is -1.42. The third-order valence-electron chi connectivity index (χ3n) is 1.94. The van der Waals surface area contributed by atoms with Crippen LogP contribution in [0.3, 0.4) is 0 Å². The molecule has 2 aromatic rings. The van der Waals surface area contributed by atoms with Crippen molar-refractivity contribution in [2.24, 2.45) is 5.73 Å². The smallest absolute Gasteiger partial charge is 0.250 e. The fourth-order valence-electron chi connectivity index (χ4n) is 1.34. The zero-order valence-corrected chi connectivity index (χ0v) is 8.78. The Bertz CT molecular complexity index is 510. The van der Waals surface area contributed by atoms with Crippen molar-refractivity contribution in [2.45, 2.75) is 0 Å². The van der Waals surface area contributed by atoms with Crippen molar-refractivity contribution in [3.63, 3.8) is 0 Å². The van der Waals surface area contributed by atoms with Crippen LogP contribution in [0, 0.1) is 0 Å². The summed E-state index contributed by atoms with van der Waals surface area (Å²) in [7, 11) is 0. The minimum atomic E-state index is -0.463. The molecular weight excluding hydrogens is 244 g/mol.